The van der Waals surface area contributed by atoms with E-state index in [1.165, 1.54) is 19.3 Å². The van der Waals surface area contributed by atoms with Crippen LogP contribution in [-0.4, -0.2) is 18.3 Å². The van der Waals surface area contributed by atoms with Gasteiger partial charge in [-0.3, -0.25) is 0 Å². The molecule has 60 valence electrons. The molecule has 0 heterocycles. The molecule has 3 N–H and O–H groups in total. The molecule has 0 aromatic rings. The third-order valence-electron chi connectivity index (χ3n) is 2.36. The predicted molar refractivity (Wildman–Crippen MR) is 38.1 cm³/mol. The summed E-state index contributed by atoms with van der Waals surface area (Å²) in [6, 6.07) is 0. The van der Waals surface area contributed by atoms with E-state index >= 15 is 0 Å². The molecule has 1 atom stereocenters. The van der Waals surface area contributed by atoms with Crippen LogP contribution in [0, 0.1) is 11.8 Å². The van der Waals surface area contributed by atoms with Crippen LogP contribution in [-0.2, 0) is 4.84 Å². The Kier molecular flexibility index (Phi) is 3.12. The number of rotatable bonds is 4. The zero-order valence-corrected chi connectivity index (χ0v) is 6.12. The molecule has 3 heteroatoms. The molecule has 1 saturated carbocycles. The predicted octanol–water partition coefficient (Wildman–Crippen LogP) is 0.285. The Hall–Kier alpha value is -0.120. The van der Waals surface area contributed by atoms with Gasteiger partial charge in [0.05, 0.1) is 6.61 Å². The van der Waals surface area contributed by atoms with Crippen LogP contribution in [0.4, 0.5) is 0 Å². The van der Waals surface area contributed by atoms with Gasteiger partial charge < -0.3 is 9.94 Å². The lowest BCUT2D eigenvalue weighted by Gasteiger charge is -2.31. The number of hydrogen-bond acceptors (Lipinski definition) is 3. The van der Waals surface area contributed by atoms with E-state index in [0.717, 1.165) is 0 Å². The average molecular weight is 145 g/mol. The number of aliphatic hydroxyl groups is 1. The van der Waals surface area contributed by atoms with Gasteiger partial charge in [-0.05, 0) is 5.92 Å². The van der Waals surface area contributed by atoms with Crippen molar-refractivity contribution in [1.82, 2.24) is 0 Å². The average Bonchev–Trinajstić information content (AvgIpc) is 1.83. The van der Waals surface area contributed by atoms with Crippen molar-refractivity contribution >= 4 is 0 Å². The monoisotopic (exact) mass is 145 g/mol. The van der Waals surface area contributed by atoms with Crippen molar-refractivity contribution in [3.05, 3.63) is 0 Å². The Balaban J connectivity index is 2.17. The van der Waals surface area contributed by atoms with Gasteiger partial charge in [-0.1, -0.05) is 19.3 Å². The first-order valence-corrected chi connectivity index (χ1v) is 3.81. The van der Waals surface area contributed by atoms with E-state index in [-0.39, 0.29) is 12.5 Å². The molecule has 0 saturated heterocycles. The van der Waals surface area contributed by atoms with Crippen molar-refractivity contribution < 1.29 is 9.94 Å². The minimum Gasteiger partial charge on any atom is -0.396 e. The fourth-order valence-electron chi connectivity index (χ4n) is 1.37. The number of hydrogen-bond donors (Lipinski definition) is 2. The van der Waals surface area contributed by atoms with Gasteiger partial charge in [0, 0.05) is 12.5 Å². The van der Waals surface area contributed by atoms with Crippen LogP contribution in [0.25, 0.3) is 0 Å². The Morgan fingerprint density at radius 2 is 2.30 bits per heavy atom. The van der Waals surface area contributed by atoms with Gasteiger partial charge in [-0.15, -0.1) is 0 Å². The zero-order valence-electron chi connectivity index (χ0n) is 6.12. The highest BCUT2D eigenvalue weighted by molar-refractivity contribution is 4.76. The summed E-state index contributed by atoms with van der Waals surface area (Å²) in [4.78, 5) is 4.49. The van der Waals surface area contributed by atoms with Crippen LogP contribution in [0.2, 0.25) is 0 Å². The second kappa shape index (κ2) is 3.91. The van der Waals surface area contributed by atoms with Crippen molar-refractivity contribution in [3.63, 3.8) is 0 Å². The van der Waals surface area contributed by atoms with Crippen LogP contribution in [0.1, 0.15) is 19.3 Å². The van der Waals surface area contributed by atoms with Crippen molar-refractivity contribution in [3.8, 4) is 0 Å². The second-order valence-corrected chi connectivity index (χ2v) is 2.97. The Labute approximate surface area is 61.1 Å². The molecular formula is C7H15NO2. The van der Waals surface area contributed by atoms with E-state index in [9.17, 15) is 0 Å². The number of aliphatic hydroxyl groups excluding tert-OH is 1. The lowest BCUT2D eigenvalue weighted by molar-refractivity contribution is 0.0250. The van der Waals surface area contributed by atoms with Crippen molar-refractivity contribution in [2.24, 2.45) is 17.7 Å². The number of nitrogens with two attached hydrogens (primary N) is 1. The Bertz CT molecular complexity index is 93.6. The summed E-state index contributed by atoms with van der Waals surface area (Å²) in [7, 11) is 0. The van der Waals surface area contributed by atoms with Gasteiger partial charge in [0.25, 0.3) is 0 Å². The molecule has 1 unspecified atom stereocenters. The molecule has 1 fully saturated rings. The summed E-state index contributed by atoms with van der Waals surface area (Å²) in [5.41, 5.74) is 0. The van der Waals surface area contributed by atoms with Gasteiger partial charge in [0.2, 0.25) is 0 Å². The summed E-state index contributed by atoms with van der Waals surface area (Å²) in [5, 5.41) is 8.86. The highest BCUT2D eigenvalue weighted by atomic mass is 16.6. The van der Waals surface area contributed by atoms with Crippen molar-refractivity contribution in [2.45, 2.75) is 19.3 Å². The molecule has 0 radical (unpaired) electrons. The lowest BCUT2D eigenvalue weighted by Crippen LogP contribution is -2.29. The molecule has 0 aromatic heterocycles. The lowest BCUT2D eigenvalue weighted by atomic mass is 9.76. The molecule has 0 aromatic carbocycles. The van der Waals surface area contributed by atoms with Crippen LogP contribution in [0.5, 0.6) is 0 Å². The summed E-state index contributed by atoms with van der Waals surface area (Å²) in [6.07, 6.45) is 3.76. The highest BCUT2D eigenvalue weighted by Crippen LogP contribution is 2.33. The van der Waals surface area contributed by atoms with E-state index < -0.39 is 0 Å². The molecule has 0 amide bonds. The van der Waals surface area contributed by atoms with Crippen LogP contribution < -0.4 is 5.90 Å². The first-order chi connectivity index (χ1) is 4.88. The third-order valence-corrected chi connectivity index (χ3v) is 2.36. The van der Waals surface area contributed by atoms with Crippen molar-refractivity contribution in [2.75, 3.05) is 13.2 Å². The van der Waals surface area contributed by atoms with Gasteiger partial charge in [0.1, 0.15) is 0 Å². The highest BCUT2D eigenvalue weighted by Gasteiger charge is 2.26. The van der Waals surface area contributed by atoms with Gasteiger partial charge in [0.15, 0.2) is 0 Å². The Morgan fingerprint density at radius 1 is 1.60 bits per heavy atom. The molecule has 10 heavy (non-hydrogen) atoms. The maximum Gasteiger partial charge on any atom is 0.0731 e. The van der Waals surface area contributed by atoms with Crippen LogP contribution in [0.15, 0.2) is 0 Å². The molecule has 1 rings (SSSR count). The SMILES string of the molecule is NOCC(CO)C1CCC1. The molecule has 0 spiro atoms. The standard InChI is InChI=1S/C7H15NO2/c8-10-5-7(4-9)6-2-1-3-6/h6-7,9H,1-5,8H2. The van der Waals surface area contributed by atoms with Gasteiger partial charge in [-0.25, -0.2) is 5.90 Å². The normalized spacial score (nSPS) is 22.2. The van der Waals surface area contributed by atoms with Crippen LogP contribution in [0.3, 0.4) is 0 Å². The third kappa shape index (κ3) is 1.68. The van der Waals surface area contributed by atoms with E-state index in [1.54, 1.807) is 0 Å². The summed E-state index contributed by atoms with van der Waals surface area (Å²) in [6.45, 7) is 0.711. The summed E-state index contributed by atoms with van der Waals surface area (Å²) >= 11 is 0. The molecule has 1 aliphatic rings. The van der Waals surface area contributed by atoms with E-state index in [4.69, 9.17) is 11.0 Å². The zero-order chi connectivity index (χ0) is 7.40. The summed E-state index contributed by atoms with van der Waals surface area (Å²) in [5.74, 6) is 5.85. The van der Waals surface area contributed by atoms with E-state index in [1.807, 2.05) is 0 Å². The quantitative estimate of drug-likeness (QED) is 0.559. The van der Waals surface area contributed by atoms with Crippen LogP contribution >= 0.6 is 0 Å². The smallest absolute Gasteiger partial charge is 0.0731 e. The van der Waals surface area contributed by atoms with E-state index in [2.05, 4.69) is 4.84 Å². The minimum atomic E-state index is 0.210. The fraction of sp³-hybridized carbons (Fsp3) is 1.00. The van der Waals surface area contributed by atoms with Gasteiger partial charge in [-0.2, -0.15) is 0 Å². The molecule has 0 bridgehead atoms. The maximum atomic E-state index is 8.86. The fourth-order valence-corrected chi connectivity index (χ4v) is 1.37. The Morgan fingerprint density at radius 3 is 2.60 bits per heavy atom. The first-order valence-electron chi connectivity index (χ1n) is 3.81. The molecule has 0 aliphatic heterocycles. The topological polar surface area (TPSA) is 55.5 Å². The molecule has 1 aliphatic carbocycles. The van der Waals surface area contributed by atoms with E-state index in [0.29, 0.717) is 12.5 Å². The molecular weight excluding hydrogens is 130 g/mol. The second-order valence-electron chi connectivity index (χ2n) is 2.97. The van der Waals surface area contributed by atoms with Gasteiger partial charge >= 0.3 is 0 Å². The minimum absolute atomic E-state index is 0.210. The largest absolute Gasteiger partial charge is 0.396 e. The first kappa shape index (κ1) is 7.98. The maximum absolute atomic E-state index is 8.86. The molecule has 3 nitrogen and oxygen atoms in total. The van der Waals surface area contributed by atoms with Crippen molar-refractivity contribution in [1.29, 1.82) is 0 Å². The summed E-state index contributed by atoms with van der Waals surface area (Å²) < 4.78 is 0.